The standard InChI is InChI=1S/C21H24N2O4/c1-26-13-5-12-22-21(25)16-14-20(24)23(15-16)17-8-10-19(11-9-17)27-18-6-3-2-4-7-18/h2-4,6-11,16H,5,12-15H2,1H3,(H,22,25). The number of para-hydroxylation sites is 1. The Labute approximate surface area is 159 Å². The molecule has 1 heterocycles. The number of anilines is 1. The second-order valence-electron chi connectivity index (χ2n) is 6.45. The first-order valence-electron chi connectivity index (χ1n) is 9.07. The molecule has 1 aliphatic rings. The van der Waals surface area contributed by atoms with E-state index in [-0.39, 0.29) is 24.2 Å². The number of carbonyl (C=O) groups is 2. The molecular weight excluding hydrogens is 344 g/mol. The predicted octanol–water partition coefficient (Wildman–Crippen LogP) is 2.98. The van der Waals surface area contributed by atoms with E-state index in [4.69, 9.17) is 9.47 Å². The van der Waals surface area contributed by atoms with E-state index >= 15 is 0 Å². The largest absolute Gasteiger partial charge is 0.457 e. The fraction of sp³-hybridized carbons (Fsp3) is 0.333. The lowest BCUT2D eigenvalue weighted by Crippen LogP contribution is -2.33. The van der Waals surface area contributed by atoms with Gasteiger partial charge in [-0.1, -0.05) is 18.2 Å². The van der Waals surface area contributed by atoms with Crippen LogP contribution < -0.4 is 15.0 Å². The second kappa shape index (κ2) is 9.19. The molecule has 27 heavy (non-hydrogen) atoms. The third-order valence-corrected chi connectivity index (χ3v) is 4.45. The number of hydrogen-bond acceptors (Lipinski definition) is 4. The Morgan fingerprint density at radius 1 is 1.11 bits per heavy atom. The molecule has 6 heteroatoms. The Morgan fingerprint density at radius 3 is 2.52 bits per heavy atom. The molecule has 142 valence electrons. The Balaban J connectivity index is 1.56. The van der Waals surface area contributed by atoms with Crippen LogP contribution in [0.2, 0.25) is 0 Å². The van der Waals surface area contributed by atoms with Gasteiger partial charge in [0.1, 0.15) is 11.5 Å². The number of nitrogens with zero attached hydrogens (tertiary/aromatic N) is 1. The average Bonchev–Trinajstić information content (AvgIpc) is 3.08. The molecule has 1 N–H and O–H groups in total. The number of methoxy groups -OCH3 is 1. The Bertz CT molecular complexity index is 762. The van der Waals surface area contributed by atoms with Crippen LogP contribution in [0.5, 0.6) is 11.5 Å². The van der Waals surface area contributed by atoms with Crippen molar-refractivity contribution >= 4 is 17.5 Å². The zero-order chi connectivity index (χ0) is 19.1. The van der Waals surface area contributed by atoms with Crippen molar-refractivity contribution in [3.8, 4) is 11.5 Å². The van der Waals surface area contributed by atoms with Gasteiger partial charge in [0.05, 0.1) is 5.92 Å². The van der Waals surface area contributed by atoms with Crippen molar-refractivity contribution in [1.29, 1.82) is 0 Å². The summed E-state index contributed by atoms with van der Waals surface area (Å²) in [6.45, 7) is 1.56. The topological polar surface area (TPSA) is 67.9 Å². The van der Waals surface area contributed by atoms with Crippen molar-refractivity contribution in [2.24, 2.45) is 5.92 Å². The van der Waals surface area contributed by atoms with Crippen molar-refractivity contribution in [1.82, 2.24) is 5.32 Å². The van der Waals surface area contributed by atoms with Crippen molar-refractivity contribution in [3.63, 3.8) is 0 Å². The number of rotatable bonds is 8. The molecule has 0 aliphatic carbocycles. The zero-order valence-electron chi connectivity index (χ0n) is 15.4. The summed E-state index contributed by atoms with van der Waals surface area (Å²) in [7, 11) is 1.63. The Morgan fingerprint density at radius 2 is 1.81 bits per heavy atom. The van der Waals surface area contributed by atoms with Crippen molar-refractivity contribution < 1.29 is 19.1 Å². The number of benzene rings is 2. The van der Waals surface area contributed by atoms with Gasteiger partial charge in [-0.15, -0.1) is 0 Å². The van der Waals surface area contributed by atoms with E-state index in [0.717, 1.165) is 17.9 Å². The molecule has 1 aliphatic heterocycles. The van der Waals surface area contributed by atoms with Gasteiger partial charge in [0.25, 0.3) is 0 Å². The molecule has 0 radical (unpaired) electrons. The highest BCUT2D eigenvalue weighted by Crippen LogP contribution is 2.28. The number of nitrogens with one attached hydrogen (secondary N) is 1. The van der Waals surface area contributed by atoms with Gasteiger partial charge in [-0.3, -0.25) is 9.59 Å². The van der Waals surface area contributed by atoms with Gasteiger partial charge in [-0.05, 0) is 42.8 Å². The van der Waals surface area contributed by atoms with E-state index in [1.165, 1.54) is 0 Å². The lowest BCUT2D eigenvalue weighted by molar-refractivity contribution is -0.126. The smallest absolute Gasteiger partial charge is 0.227 e. The first-order chi connectivity index (χ1) is 13.2. The van der Waals surface area contributed by atoms with Crippen molar-refractivity contribution in [2.75, 3.05) is 31.7 Å². The summed E-state index contributed by atoms with van der Waals surface area (Å²) in [5.74, 6) is 1.02. The van der Waals surface area contributed by atoms with E-state index in [1.54, 1.807) is 12.0 Å². The minimum Gasteiger partial charge on any atom is -0.457 e. The minimum atomic E-state index is -0.319. The van der Waals surface area contributed by atoms with Crippen molar-refractivity contribution in [2.45, 2.75) is 12.8 Å². The number of amides is 2. The van der Waals surface area contributed by atoms with E-state index in [9.17, 15) is 9.59 Å². The normalized spacial score (nSPS) is 16.4. The second-order valence-corrected chi connectivity index (χ2v) is 6.45. The van der Waals surface area contributed by atoms with Gasteiger partial charge in [-0.2, -0.15) is 0 Å². The highest BCUT2D eigenvalue weighted by molar-refractivity contribution is 6.00. The van der Waals surface area contributed by atoms with Gasteiger partial charge >= 0.3 is 0 Å². The summed E-state index contributed by atoms with van der Waals surface area (Å²) in [5, 5.41) is 2.87. The van der Waals surface area contributed by atoms with Crippen LogP contribution >= 0.6 is 0 Å². The third-order valence-electron chi connectivity index (χ3n) is 4.45. The maximum absolute atomic E-state index is 12.3. The molecule has 2 aromatic rings. The van der Waals surface area contributed by atoms with Gasteiger partial charge in [0.2, 0.25) is 11.8 Å². The molecule has 1 atom stereocenters. The lowest BCUT2D eigenvalue weighted by atomic mass is 10.1. The third kappa shape index (κ3) is 5.08. The maximum atomic E-state index is 12.3. The summed E-state index contributed by atoms with van der Waals surface area (Å²) in [6.07, 6.45) is 0.994. The van der Waals surface area contributed by atoms with Crippen molar-refractivity contribution in [3.05, 3.63) is 54.6 Å². The van der Waals surface area contributed by atoms with Crippen LogP contribution in [0.3, 0.4) is 0 Å². The zero-order valence-corrected chi connectivity index (χ0v) is 15.4. The summed E-state index contributed by atoms with van der Waals surface area (Å²) >= 11 is 0. The molecular formula is C21H24N2O4. The average molecular weight is 368 g/mol. The van der Waals surface area contributed by atoms with Crippen LogP contribution in [-0.4, -0.2) is 38.6 Å². The fourth-order valence-corrected chi connectivity index (χ4v) is 3.02. The van der Waals surface area contributed by atoms with Crippen LogP contribution in [0.25, 0.3) is 0 Å². The number of hydrogen-bond donors (Lipinski definition) is 1. The van der Waals surface area contributed by atoms with Gasteiger partial charge < -0.3 is 19.7 Å². The van der Waals surface area contributed by atoms with Crippen LogP contribution in [0.15, 0.2) is 54.6 Å². The first-order valence-corrected chi connectivity index (χ1v) is 9.07. The molecule has 2 aromatic carbocycles. The van der Waals surface area contributed by atoms with E-state index in [1.807, 2.05) is 54.6 Å². The van der Waals surface area contributed by atoms with Gasteiger partial charge in [0.15, 0.2) is 0 Å². The molecule has 1 fully saturated rings. The van der Waals surface area contributed by atoms with E-state index in [0.29, 0.717) is 25.4 Å². The van der Waals surface area contributed by atoms with Gasteiger partial charge in [0, 0.05) is 38.9 Å². The first kappa shape index (κ1) is 18.9. The molecule has 1 saturated heterocycles. The fourth-order valence-electron chi connectivity index (χ4n) is 3.02. The molecule has 0 spiro atoms. The maximum Gasteiger partial charge on any atom is 0.227 e. The van der Waals surface area contributed by atoms with Crippen LogP contribution in [0.1, 0.15) is 12.8 Å². The highest BCUT2D eigenvalue weighted by atomic mass is 16.5. The molecule has 0 aromatic heterocycles. The number of ether oxygens (including phenoxy) is 2. The summed E-state index contributed by atoms with van der Waals surface area (Å²) < 4.78 is 10.7. The van der Waals surface area contributed by atoms with E-state index in [2.05, 4.69) is 5.32 Å². The minimum absolute atomic E-state index is 0.0382. The quantitative estimate of drug-likeness (QED) is 0.728. The Hall–Kier alpha value is -2.86. The summed E-state index contributed by atoms with van der Waals surface area (Å²) in [5.41, 5.74) is 0.773. The number of carbonyl (C=O) groups excluding carboxylic acids is 2. The Kier molecular flexibility index (Phi) is 6.44. The monoisotopic (exact) mass is 368 g/mol. The molecule has 1 unspecified atom stereocenters. The SMILES string of the molecule is COCCCNC(=O)C1CC(=O)N(c2ccc(Oc3ccccc3)cc2)C1. The van der Waals surface area contributed by atoms with Crippen LogP contribution in [0.4, 0.5) is 5.69 Å². The predicted molar refractivity (Wildman–Crippen MR) is 103 cm³/mol. The molecule has 3 rings (SSSR count). The van der Waals surface area contributed by atoms with E-state index < -0.39 is 0 Å². The van der Waals surface area contributed by atoms with Gasteiger partial charge in [-0.25, -0.2) is 0 Å². The summed E-state index contributed by atoms with van der Waals surface area (Å²) in [6, 6.07) is 16.9. The summed E-state index contributed by atoms with van der Waals surface area (Å²) in [4.78, 5) is 26.2. The highest BCUT2D eigenvalue weighted by Gasteiger charge is 2.34. The molecule has 2 amide bonds. The lowest BCUT2D eigenvalue weighted by Gasteiger charge is -2.17. The van der Waals surface area contributed by atoms with Crippen LogP contribution in [0, 0.1) is 5.92 Å². The van der Waals surface area contributed by atoms with Crippen LogP contribution in [-0.2, 0) is 14.3 Å². The molecule has 0 bridgehead atoms. The molecule has 6 nitrogen and oxygen atoms in total. The molecule has 0 saturated carbocycles.